The van der Waals surface area contributed by atoms with Crippen molar-refractivity contribution in [3.63, 3.8) is 0 Å². The molecule has 102 valence electrons. The van der Waals surface area contributed by atoms with Crippen molar-refractivity contribution in [3.8, 4) is 11.1 Å². The van der Waals surface area contributed by atoms with E-state index in [4.69, 9.17) is 5.73 Å². The van der Waals surface area contributed by atoms with Crippen molar-refractivity contribution in [2.45, 2.75) is 19.3 Å². The van der Waals surface area contributed by atoms with Crippen molar-refractivity contribution in [3.05, 3.63) is 59.9 Å². The fourth-order valence-corrected chi connectivity index (χ4v) is 2.06. The number of halogens is 2. The van der Waals surface area contributed by atoms with Crippen LogP contribution in [0.25, 0.3) is 11.1 Å². The van der Waals surface area contributed by atoms with Gasteiger partial charge in [0.15, 0.2) is 0 Å². The van der Waals surface area contributed by atoms with Gasteiger partial charge in [-0.15, -0.1) is 12.4 Å². The van der Waals surface area contributed by atoms with Crippen LogP contribution in [0, 0.1) is 5.82 Å². The first-order chi connectivity index (χ1) is 8.70. The summed E-state index contributed by atoms with van der Waals surface area (Å²) in [6.45, 7) is 2.89. The number of nitrogens with two attached hydrogens (primary N) is 1. The normalized spacial score (nSPS) is 11.7. The fraction of sp³-hybridized carbons (Fsp3) is 0.250. The van der Waals surface area contributed by atoms with Crippen LogP contribution in [0.4, 0.5) is 4.39 Å². The average Bonchev–Trinajstić information content (AvgIpc) is 2.40. The van der Waals surface area contributed by atoms with Gasteiger partial charge in [0, 0.05) is 0 Å². The lowest BCUT2D eigenvalue weighted by molar-refractivity contribution is 0.628. The molecule has 0 spiro atoms. The van der Waals surface area contributed by atoms with Crippen LogP contribution in [-0.4, -0.2) is 6.54 Å². The number of hydrogen-bond acceptors (Lipinski definition) is 1. The zero-order valence-corrected chi connectivity index (χ0v) is 11.8. The van der Waals surface area contributed by atoms with Gasteiger partial charge in [-0.25, -0.2) is 4.39 Å². The van der Waals surface area contributed by atoms with Crippen molar-refractivity contribution < 1.29 is 4.39 Å². The van der Waals surface area contributed by atoms with E-state index in [1.165, 1.54) is 17.7 Å². The molecule has 1 atom stereocenters. The third-order valence-electron chi connectivity index (χ3n) is 3.26. The maximum Gasteiger partial charge on any atom is 0.123 e. The van der Waals surface area contributed by atoms with Crippen molar-refractivity contribution in [2.75, 3.05) is 6.54 Å². The first-order valence-corrected chi connectivity index (χ1v) is 6.26. The Balaban J connectivity index is 0.00000180. The Morgan fingerprint density at radius 2 is 1.42 bits per heavy atom. The fourth-order valence-electron chi connectivity index (χ4n) is 2.06. The predicted octanol–water partition coefficient (Wildman–Crippen LogP) is 4.37. The molecular weight excluding hydrogens is 261 g/mol. The summed E-state index contributed by atoms with van der Waals surface area (Å²) in [5, 5.41) is 0. The molecule has 1 unspecified atom stereocenters. The first-order valence-electron chi connectivity index (χ1n) is 6.26. The summed E-state index contributed by atoms with van der Waals surface area (Å²) in [5.74, 6) is 0.282. The lowest BCUT2D eigenvalue weighted by atomic mass is 9.95. The molecule has 0 bridgehead atoms. The van der Waals surface area contributed by atoms with Gasteiger partial charge < -0.3 is 5.73 Å². The zero-order valence-electron chi connectivity index (χ0n) is 11.0. The number of hydrogen-bond donors (Lipinski definition) is 1. The molecule has 0 aliphatic rings. The molecule has 0 aromatic heterocycles. The summed E-state index contributed by atoms with van der Waals surface area (Å²) in [7, 11) is 0. The minimum absolute atomic E-state index is 0. The van der Waals surface area contributed by atoms with E-state index in [1.807, 2.05) is 0 Å². The van der Waals surface area contributed by atoms with Crippen LogP contribution in [0.3, 0.4) is 0 Å². The van der Waals surface area contributed by atoms with Gasteiger partial charge in [-0.05, 0) is 47.7 Å². The van der Waals surface area contributed by atoms with Crippen LogP contribution in [-0.2, 0) is 0 Å². The monoisotopic (exact) mass is 279 g/mol. The molecule has 2 N–H and O–H groups in total. The van der Waals surface area contributed by atoms with Gasteiger partial charge in [0.2, 0.25) is 0 Å². The molecule has 2 aromatic carbocycles. The molecule has 0 heterocycles. The van der Waals surface area contributed by atoms with Crippen molar-refractivity contribution in [2.24, 2.45) is 5.73 Å². The molecule has 0 saturated heterocycles. The summed E-state index contributed by atoms with van der Waals surface area (Å²) in [4.78, 5) is 0. The number of rotatable bonds is 4. The second kappa shape index (κ2) is 7.27. The van der Waals surface area contributed by atoms with Crippen LogP contribution < -0.4 is 5.73 Å². The lowest BCUT2D eigenvalue weighted by Gasteiger charge is -2.11. The van der Waals surface area contributed by atoms with Gasteiger partial charge in [-0.3, -0.25) is 0 Å². The highest BCUT2D eigenvalue weighted by atomic mass is 35.5. The molecule has 0 radical (unpaired) electrons. The summed E-state index contributed by atoms with van der Waals surface area (Å²) in [6.07, 6.45) is 0.996. The van der Waals surface area contributed by atoms with Crippen LogP contribution >= 0.6 is 12.4 Å². The number of benzene rings is 2. The van der Waals surface area contributed by atoms with Crippen LogP contribution in [0.1, 0.15) is 24.8 Å². The van der Waals surface area contributed by atoms with Gasteiger partial charge in [-0.2, -0.15) is 0 Å². The van der Waals surface area contributed by atoms with Crippen LogP contribution in [0.5, 0.6) is 0 Å². The SMILES string of the molecule is CC(CCN)c1ccc(-c2ccc(F)cc2)cc1.Cl. The molecule has 0 amide bonds. The van der Waals surface area contributed by atoms with Gasteiger partial charge in [0.1, 0.15) is 5.82 Å². The molecule has 2 aromatic rings. The van der Waals surface area contributed by atoms with Gasteiger partial charge in [0.25, 0.3) is 0 Å². The second-order valence-corrected chi connectivity index (χ2v) is 4.61. The minimum Gasteiger partial charge on any atom is -0.330 e. The Morgan fingerprint density at radius 1 is 0.947 bits per heavy atom. The standard InChI is InChI=1S/C16H18FN.ClH/c1-12(10-11-18)13-2-4-14(5-3-13)15-6-8-16(17)9-7-15;/h2-9,12H,10-11,18H2,1H3;1H. The van der Waals surface area contributed by atoms with E-state index in [1.54, 1.807) is 12.1 Å². The van der Waals surface area contributed by atoms with Gasteiger partial charge >= 0.3 is 0 Å². The average molecular weight is 280 g/mol. The molecule has 0 saturated carbocycles. The van der Waals surface area contributed by atoms with Gasteiger partial charge in [0.05, 0.1) is 0 Å². The highest BCUT2D eigenvalue weighted by Crippen LogP contribution is 2.24. The summed E-state index contributed by atoms with van der Waals surface area (Å²) in [6, 6.07) is 15.0. The van der Waals surface area contributed by atoms with E-state index in [-0.39, 0.29) is 18.2 Å². The highest BCUT2D eigenvalue weighted by molar-refractivity contribution is 5.85. The molecule has 3 heteroatoms. The van der Waals surface area contributed by atoms with E-state index in [0.717, 1.165) is 17.5 Å². The third-order valence-corrected chi connectivity index (χ3v) is 3.26. The maximum absolute atomic E-state index is 12.8. The van der Waals surface area contributed by atoms with Gasteiger partial charge in [-0.1, -0.05) is 43.3 Å². The minimum atomic E-state index is -0.202. The maximum atomic E-state index is 12.8. The van der Waals surface area contributed by atoms with Crippen molar-refractivity contribution in [1.82, 2.24) is 0 Å². The van der Waals surface area contributed by atoms with Crippen LogP contribution in [0.15, 0.2) is 48.5 Å². The summed E-state index contributed by atoms with van der Waals surface area (Å²) < 4.78 is 12.8. The first kappa shape index (κ1) is 15.7. The van der Waals surface area contributed by atoms with Crippen LogP contribution in [0.2, 0.25) is 0 Å². The Bertz CT molecular complexity index is 493. The largest absolute Gasteiger partial charge is 0.330 e. The Kier molecular flexibility index (Phi) is 6.00. The Labute approximate surface area is 120 Å². The second-order valence-electron chi connectivity index (χ2n) is 4.61. The topological polar surface area (TPSA) is 26.0 Å². The summed E-state index contributed by atoms with van der Waals surface area (Å²) in [5.41, 5.74) is 9.01. The molecule has 19 heavy (non-hydrogen) atoms. The van der Waals surface area contributed by atoms with E-state index in [9.17, 15) is 4.39 Å². The zero-order chi connectivity index (χ0) is 13.0. The van der Waals surface area contributed by atoms with E-state index in [2.05, 4.69) is 31.2 Å². The summed E-state index contributed by atoms with van der Waals surface area (Å²) >= 11 is 0. The molecule has 0 aliphatic carbocycles. The molecule has 0 aliphatic heterocycles. The lowest BCUT2D eigenvalue weighted by Crippen LogP contribution is -2.04. The quantitative estimate of drug-likeness (QED) is 0.884. The smallest absolute Gasteiger partial charge is 0.123 e. The van der Waals surface area contributed by atoms with E-state index < -0.39 is 0 Å². The Hall–Kier alpha value is -1.38. The van der Waals surface area contributed by atoms with Crippen molar-refractivity contribution in [1.29, 1.82) is 0 Å². The van der Waals surface area contributed by atoms with Crippen molar-refractivity contribution >= 4 is 12.4 Å². The van der Waals surface area contributed by atoms with E-state index in [0.29, 0.717) is 12.5 Å². The molecule has 2 rings (SSSR count). The molecule has 0 fully saturated rings. The molecular formula is C16H19ClFN. The van der Waals surface area contributed by atoms with E-state index >= 15 is 0 Å². The third kappa shape index (κ3) is 4.05. The molecule has 1 nitrogen and oxygen atoms in total. The Morgan fingerprint density at radius 3 is 1.89 bits per heavy atom. The predicted molar refractivity (Wildman–Crippen MR) is 81.2 cm³/mol. The highest BCUT2D eigenvalue weighted by Gasteiger charge is 2.04.